The third-order valence-corrected chi connectivity index (χ3v) is 2.56. The monoisotopic (exact) mass is 229 g/mol. The van der Waals surface area contributed by atoms with Crippen molar-refractivity contribution in [3.05, 3.63) is 48.2 Å². The lowest BCUT2D eigenvalue weighted by molar-refractivity contribution is 0.298. The zero-order chi connectivity index (χ0) is 12.1. The quantitative estimate of drug-likeness (QED) is 0.874. The Labute approximate surface area is 101 Å². The lowest BCUT2D eigenvalue weighted by atomic mass is 10.1. The smallest absolute Gasteiger partial charge is 0.128 e. The number of aliphatic hydroxyl groups is 1. The fourth-order valence-electron chi connectivity index (χ4n) is 1.74. The predicted molar refractivity (Wildman–Crippen MR) is 67.0 cm³/mol. The number of hydrogen-bond donors (Lipinski definition) is 1. The summed E-state index contributed by atoms with van der Waals surface area (Å²) in [4.78, 5) is 4.50. The lowest BCUT2D eigenvalue weighted by Crippen LogP contribution is -1.96. The number of ether oxygens (including phenoxy) is 1. The second kappa shape index (κ2) is 5.46. The molecule has 17 heavy (non-hydrogen) atoms. The summed E-state index contributed by atoms with van der Waals surface area (Å²) in [7, 11) is 1.65. The summed E-state index contributed by atoms with van der Waals surface area (Å²) < 4.78 is 5.31. The summed E-state index contributed by atoms with van der Waals surface area (Å²) in [6.07, 6.45) is 0.572. The van der Waals surface area contributed by atoms with Crippen LogP contribution in [0.4, 0.5) is 0 Å². The number of aromatic nitrogens is 1. The molecule has 3 heteroatoms. The van der Waals surface area contributed by atoms with Crippen LogP contribution in [0.2, 0.25) is 0 Å². The van der Waals surface area contributed by atoms with E-state index in [2.05, 4.69) is 4.98 Å². The third kappa shape index (κ3) is 2.63. The normalized spacial score (nSPS) is 10.2. The Morgan fingerprint density at radius 1 is 1.12 bits per heavy atom. The molecule has 0 aliphatic carbocycles. The van der Waals surface area contributed by atoms with Crippen molar-refractivity contribution in [1.82, 2.24) is 4.98 Å². The van der Waals surface area contributed by atoms with Gasteiger partial charge in [0.05, 0.1) is 12.8 Å². The highest BCUT2D eigenvalue weighted by Gasteiger charge is 2.06. The average molecular weight is 229 g/mol. The molecule has 0 saturated heterocycles. The summed E-state index contributed by atoms with van der Waals surface area (Å²) in [5.74, 6) is 0.807. The minimum atomic E-state index is 0.113. The van der Waals surface area contributed by atoms with Gasteiger partial charge in [0.2, 0.25) is 0 Å². The van der Waals surface area contributed by atoms with E-state index in [1.807, 2.05) is 42.5 Å². The molecule has 0 bridgehead atoms. The van der Waals surface area contributed by atoms with E-state index in [-0.39, 0.29) is 6.61 Å². The number of methoxy groups -OCH3 is 1. The number of aliphatic hydroxyl groups excluding tert-OH is 1. The van der Waals surface area contributed by atoms with E-state index in [4.69, 9.17) is 9.84 Å². The Morgan fingerprint density at radius 2 is 1.94 bits per heavy atom. The molecule has 0 fully saturated rings. The molecule has 2 rings (SSSR count). The molecule has 2 aromatic rings. The third-order valence-electron chi connectivity index (χ3n) is 2.56. The molecule has 0 radical (unpaired) electrons. The van der Waals surface area contributed by atoms with Gasteiger partial charge in [-0.05, 0) is 24.3 Å². The molecule has 0 aliphatic rings. The first-order chi connectivity index (χ1) is 8.35. The van der Waals surface area contributed by atoms with Gasteiger partial charge in [0, 0.05) is 24.3 Å². The van der Waals surface area contributed by atoms with Gasteiger partial charge in [-0.3, -0.25) is 4.98 Å². The lowest BCUT2D eigenvalue weighted by Gasteiger charge is -2.08. The van der Waals surface area contributed by atoms with E-state index in [9.17, 15) is 0 Å². The number of rotatable bonds is 4. The highest BCUT2D eigenvalue weighted by atomic mass is 16.5. The molecule has 1 aromatic carbocycles. The summed E-state index contributed by atoms with van der Waals surface area (Å²) in [6, 6.07) is 13.6. The van der Waals surface area contributed by atoms with Gasteiger partial charge >= 0.3 is 0 Å². The van der Waals surface area contributed by atoms with E-state index in [0.717, 1.165) is 22.7 Å². The number of para-hydroxylation sites is 1. The highest BCUT2D eigenvalue weighted by Crippen LogP contribution is 2.27. The fourth-order valence-corrected chi connectivity index (χ4v) is 1.74. The van der Waals surface area contributed by atoms with Gasteiger partial charge < -0.3 is 9.84 Å². The van der Waals surface area contributed by atoms with Crippen LogP contribution in [0.15, 0.2) is 42.5 Å². The second-order valence-electron chi connectivity index (χ2n) is 3.69. The maximum atomic E-state index is 8.92. The van der Waals surface area contributed by atoms with Gasteiger partial charge in [0.15, 0.2) is 0 Å². The molecule has 1 aromatic heterocycles. The van der Waals surface area contributed by atoms with E-state index in [1.54, 1.807) is 7.11 Å². The Balaban J connectivity index is 2.41. The van der Waals surface area contributed by atoms with Crippen molar-refractivity contribution in [2.45, 2.75) is 6.42 Å². The van der Waals surface area contributed by atoms with Crippen LogP contribution in [0.3, 0.4) is 0 Å². The number of benzene rings is 1. The van der Waals surface area contributed by atoms with Gasteiger partial charge in [0.1, 0.15) is 5.75 Å². The maximum absolute atomic E-state index is 8.92. The number of pyridine rings is 1. The first kappa shape index (κ1) is 11.6. The van der Waals surface area contributed by atoms with Crippen molar-refractivity contribution >= 4 is 0 Å². The van der Waals surface area contributed by atoms with Crippen LogP contribution in [0, 0.1) is 0 Å². The molecule has 1 heterocycles. The SMILES string of the molecule is COc1ccccc1-c1cccc(CCO)n1. The minimum absolute atomic E-state index is 0.113. The summed E-state index contributed by atoms with van der Waals surface area (Å²) >= 11 is 0. The van der Waals surface area contributed by atoms with Crippen LogP contribution in [-0.2, 0) is 6.42 Å². The standard InChI is InChI=1S/C14H15NO2/c1-17-14-8-3-2-6-12(14)13-7-4-5-11(15-13)9-10-16/h2-8,16H,9-10H2,1H3. The van der Waals surface area contributed by atoms with E-state index in [0.29, 0.717) is 6.42 Å². The molecule has 88 valence electrons. The fraction of sp³-hybridized carbons (Fsp3) is 0.214. The van der Waals surface area contributed by atoms with Crippen molar-refractivity contribution < 1.29 is 9.84 Å². The highest BCUT2D eigenvalue weighted by molar-refractivity contribution is 5.67. The van der Waals surface area contributed by atoms with Crippen LogP contribution >= 0.6 is 0 Å². The Bertz CT molecular complexity index is 497. The summed E-state index contributed by atoms with van der Waals surface area (Å²) in [6.45, 7) is 0.113. The Morgan fingerprint density at radius 3 is 2.71 bits per heavy atom. The van der Waals surface area contributed by atoms with E-state index in [1.165, 1.54) is 0 Å². The van der Waals surface area contributed by atoms with Gasteiger partial charge in [-0.1, -0.05) is 18.2 Å². The molecule has 0 unspecified atom stereocenters. The average Bonchev–Trinajstić information content (AvgIpc) is 2.39. The Kier molecular flexibility index (Phi) is 3.73. The largest absolute Gasteiger partial charge is 0.496 e. The molecule has 3 nitrogen and oxygen atoms in total. The molecular weight excluding hydrogens is 214 g/mol. The molecule has 0 spiro atoms. The number of hydrogen-bond acceptors (Lipinski definition) is 3. The molecule has 1 N–H and O–H groups in total. The zero-order valence-corrected chi connectivity index (χ0v) is 9.76. The molecule has 0 saturated carbocycles. The van der Waals surface area contributed by atoms with E-state index >= 15 is 0 Å². The van der Waals surface area contributed by atoms with Crippen LogP contribution in [0.25, 0.3) is 11.3 Å². The van der Waals surface area contributed by atoms with Crippen molar-refractivity contribution in [3.8, 4) is 17.0 Å². The van der Waals surface area contributed by atoms with Crippen LogP contribution in [0.5, 0.6) is 5.75 Å². The molecule has 0 aliphatic heterocycles. The van der Waals surface area contributed by atoms with Gasteiger partial charge in [0.25, 0.3) is 0 Å². The van der Waals surface area contributed by atoms with Crippen molar-refractivity contribution in [1.29, 1.82) is 0 Å². The van der Waals surface area contributed by atoms with Crippen LogP contribution in [-0.4, -0.2) is 23.8 Å². The summed E-state index contributed by atoms with van der Waals surface area (Å²) in [5, 5.41) is 8.92. The molecule has 0 atom stereocenters. The van der Waals surface area contributed by atoms with Crippen LogP contribution < -0.4 is 4.74 Å². The van der Waals surface area contributed by atoms with Gasteiger partial charge in [-0.15, -0.1) is 0 Å². The topological polar surface area (TPSA) is 42.4 Å². The van der Waals surface area contributed by atoms with E-state index < -0.39 is 0 Å². The first-order valence-corrected chi connectivity index (χ1v) is 5.55. The minimum Gasteiger partial charge on any atom is -0.496 e. The maximum Gasteiger partial charge on any atom is 0.128 e. The van der Waals surface area contributed by atoms with Crippen molar-refractivity contribution in [2.24, 2.45) is 0 Å². The first-order valence-electron chi connectivity index (χ1n) is 5.55. The predicted octanol–water partition coefficient (Wildman–Crippen LogP) is 2.29. The zero-order valence-electron chi connectivity index (χ0n) is 9.76. The van der Waals surface area contributed by atoms with Gasteiger partial charge in [-0.25, -0.2) is 0 Å². The van der Waals surface area contributed by atoms with Gasteiger partial charge in [-0.2, -0.15) is 0 Å². The summed E-state index contributed by atoms with van der Waals surface area (Å²) in [5.41, 5.74) is 2.72. The molecule has 0 amide bonds. The van der Waals surface area contributed by atoms with Crippen LogP contribution in [0.1, 0.15) is 5.69 Å². The van der Waals surface area contributed by atoms with Crippen molar-refractivity contribution in [2.75, 3.05) is 13.7 Å². The second-order valence-corrected chi connectivity index (χ2v) is 3.69. The van der Waals surface area contributed by atoms with Crippen molar-refractivity contribution in [3.63, 3.8) is 0 Å². The molecular formula is C14H15NO2. The number of nitrogens with zero attached hydrogens (tertiary/aromatic N) is 1. The Hall–Kier alpha value is -1.87.